The molecule has 0 bridgehead atoms. The first-order valence-corrected chi connectivity index (χ1v) is 9.55. The molecule has 1 amide bonds. The molecule has 1 spiro atoms. The van der Waals surface area contributed by atoms with Crippen molar-refractivity contribution in [1.82, 2.24) is 4.90 Å². The Labute approximate surface area is 145 Å². The van der Waals surface area contributed by atoms with Crippen molar-refractivity contribution in [2.24, 2.45) is 11.3 Å². The van der Waals surface area contributed by atoms with Crippen molar-refractivity contribution < 1.29 is 19.4 Å². The lowest BCUT2D eigenvalue weighted by Gasteiger charge is -2.49. The summed E-state index contributed by atoms with van der Waals surface area (Å²) in [5, 5.41) is 9.75. The Kier molecular flexibility index (Phi) is 5.24. The van der Waals surface area contributed by atoms with Crippen LogP contribution in [0.25, 0.3) is 0 Å². The third kappa shape index (κ3) is 3.63. The minimum atomic E-state index is -0.381. The average molecular weight is 339 g/mol. The van der Waals surface area contributed by atoms with E-state index in [1.807, 2.05) is 4.90 Å². The van der Waals surface area contributed by atoms with Gasteiger partial charge in [-0.15, -0.1) is 0 Å². The van der Waals surface area contributed by atoms with Crippen LogP contribution >= 0.6 is 0 Å². The lowest BCUT2D eigenvalue weighted by atomic mass is 9.69. The summed E-state index contributed by atoms with van der Waals surface area (Å²) in [7, 11) is 0. The van der Waals surface area contributed by atoms with Gasteiger partial charge in [-0.3, -0.25) is 4.79 Å². The molecular formula is C19H33NO4. The van der Waals surface area contributed by atoms with Crippen molar-refractivity contribution in [3.63, 3.8) is 0 Å². The highest BCUT2D eigenvalue weighted by atomic mass is 16.6. The second-order valence-electron chi connectivity index (χ2n) is 8.68. The third-order valence-corrected chi connectivity index (χ3v) is 6.25. The second-order valence-corrected chi connectivity index (χ2v) is 8.68. The van der Waals surface area contributed by atoms with Gasteiger partial charge in [-0.1, -0.05) is 13.8 Å². The van der Waals surface area contributed by atoms with E-state index in [4.69, 9.17) is 9.47 Å². The molecule has 138 valence electrons. The summed E-state index contributed by atoms with van der Waals surface area (Å²) in [5.41, 5.74) is -0.696. The van der Waals surface area contributed by atoms with E-state index in [9.17, 15) is 9.90 Å². The van der Waals surface area contributed by atoms with Crippen molar-refractivity contribution >= 4 is 5.91 Å². The maximum Gasteiger partial charge on any atom is 0.228 e. The molecule has 0 aromatic rings. The number of carbonyl (C=O) groups is 1. The molecule has 2 aliphatic heterocycles. The monoisotopic (exact) mass is 339 g/mol. The molecule has 5 nitrogen and oxygen atoms in total. The molecule has 24 heavy (non-hydrogen) atoms. The number of nitrogens with zero attached hydrogens (tertiary/aromatic N) is 1. The molecule has 0 aromatic carbocycles. The molecule has 2 saturated heterocycles. The second kappa shape index (κ2) is 6.93. The molecule has 3 rings (SSSR count). The fourth-order valence-electron chi connectivity index (χ4n) is 4.80. The molecule has 1 saturated carbocycles. The zero-order chi connectivity index (χ0) is 17.4. The molecule has 3 aliphatic rings. The van der Waals surface area contributed by atoms with Crippen LogP contribution < -0.4 is 0 Å². The quantitative estimate of drug-likeness (QED) is 0.839. The van der Waals surface area contributed by atoms with Crippen LogP contribution in [0.2, 0.25) is 0 Å². The van der Waals surface area contributed by atoms with Gasteiger partial charge in [-0.05, 0) is 51.4 Å². The molecule has 2 heterocycles. The fourth-order valence-corrected chi connectivity index (χ4v) is 4.80. The SMILES string of the molecule is CC1CN(C(=O)C(C)(C)C2CCC(O)CC2)CC2(CCCOC2)O1. The van der Waals surface area contributed by atoms with Crippen LogP contribution in [0, 0.1) is 11.3 Å². The van der Waals surface area contributed by atoms with E-state index in [-0.39, 0.29) is 29.1 Å². The Bertz CT molecular complexity index is 450. The van der Waals surface area contributed by atoms with Gasteiger partial charge < -0.3 is 19.5 Å². The van der Waals surface area contributed by atoms with Gasteiger partial charge >= 0.3 is 0 Å². The first kappa shape index (κ1) is 18.2. The standard InChI is InChI=1S/C19H33NO4/c1-14-11-20(12-19(24-14)9-4-10-23-13-19)17(22)18(2,3)15-5-7-16(21)8-6-15/h14-16,21H,4-13H2,1-3H3. The number of aliphatic hydroxyl groups is 1. The van der Waals surface area contributed by atoms with E-state index in [1.165, 1.54) is 0 Å². The molecule has 1 aliphatic carbocycles. The van der Waals surface area contributed by atoms with E-state index in [2.05, 4.69) is 20.8 Å². The van der Waals surface area contributed by atoms with E-state index < -0.39 is 0 Å². The Balaban J connectivity index is 1.70. The van der Waals surface area contributed by atoms with Gasteiger partial charge in [0, 0.05) is 18.6 Å². The number of hydrogen-bond donors (Lipinski definition) is 1. The number of rotatable bonds is 2. The normalized spacial score (nSPS) is 38.3. The van der Waals surface area contributed by atoms with Crippen LogP contribution in [-0.2, 0) is 14.3 Å². The average Bonchev–Trinajstić information content (AvgIpc) is 2.54. The van der Waals surface area contributed by atoms with Crippen molar-refractivity contribution in [3.8, 4) is 0 Å². The predicted octanol–water partition coefficient (Wildman–Crippen LogP) is 2.36. The topological polar surface area (TPSA) is 59.0 Å². The fraction of sp³-hybridized carbons (Fsp3) is 0.947. The zero-order valence-electron chi connectivity index (χ0n) is 15.4. The number of ether oxygens (including phenoxy) is 2. The smallest absolute Gasteiger partial charge is 0.228 e. The lowest BCUT2D eigenvalue weighted by Crippen LogP contribution is -2.62. The molecule has 1 N–H and O–H groups in total. The molecule has 2 atom stereocenters. The third-order valence-electron chi connectivity index (χ3n) is 6.25. The highest BCUT2D eigenvalue weighted by molar-refractivity contribution is 5.82. The number of carbonyl (C=O) groups excluding carboxylic acids is 1. The minimum Gasteiger partial charge on any atom is -0.393 e. The van der Waals surface area contributed by atoms with Crippen LogP contribution in [0.4, 0.5) is 0 Å². The highest BCUT2D eigenvalue weighted by Crippen LogP contribution is 2.41. The summed E-state index contributed by atoms with van der Waals surface area (Å²) < 4.78 is 11.9. The maximum atomic E-state index is 13.3. The molecule has 0 aromatic heterocycles. The van der Waals surface area contributed by atoms with Gasteiger partial charge in [0.2, 0.25) is 5.91 Å². The largest absolute Gasteiger partial charge is 0.393 e. The van der Waals surface area contributed by atoms with Crippen molar-refractivity contribution in [2.45, 2.75) is 77.1 Å². The predicted molar refractivity (Wildman–Crippen MR) is 91.7 cm³/mol. The minimum absolute atomic E-state index is 0.0494. The van der Waals surface area contributed by atoms with Crippen LogP contribution in [0.1, 0.15) is 59.3 Å². The molecule has 3 fully saturated rings. The first-order valence-electron chi connectivity index (χ1n) is 9.55. The Hall–Kier alpha value is -0.650. The lowest BCUT2D eigenvalue weighted by molar-refractivity contribution is -0.203. The Morgan fingerprint density at radius 3 is 2.58 bits per heavy atom. The summed E-state index contributed by atoms with van der Waals surface area (Å²) >= 11 is 0. The zero-order valence-corrected chi connectivity index (χ0v) is 15.4. The van der Waals surface area contributed by atoms with Crippen molar-refractivity contribution in [2.75, 3.05) is 26.3 Å². The molecule has 2 unspecified atom stereocenters. The van der Waals surface area contributed by atoms with Gasteiger partial charge in [0.05, 0.1) is 25.4 Å². The van der Waals surface area contributed by atoms with E-state index in [0.717, 1.165) is 45.1 Å². The van der Waals surface area contributed by atoms with E-state index in [1.54, 1.807) is 0 Å². The van der Waals surface area contributed by atoms with Gasteiger partial charge in [0.15, 0.2) is 0 Å². The van der Waals surface area contributed by atoms with Crippen molar-refractivity contribution in [1.29, 1.82) is 0 Å². The summed E-state index contributed by atoms with van der Waals surface area (Å²) in [6.45, 7) is 8.93. The number of amides is 1. The number of aliphatic hydroxyl groups excluding tert-OH is 1. The van der Waals surface area contributed by atoms with Crippen LogP contribution in [0.5, 0.6) is 0 Å². The van der Waals surface area contributed by atoms with Crippen LogP contribution in [0.3, 0.4) is 0 Å². The van der Waals surface area contributed by atoms with Gasteiger partial charge in [0.1, 0.15) is 5.60 Å². The van der Waals surface area contributed by atoms with E-state index >= 15 is 0 Å². The van der Waals surface area contributed by atoms with E-state index in [0.29, 0.717) is 25.6 Å². The first-order chi connectivity index (χ1) is 11.3. The summed E-state index contributed by atoms with van der Waals surface area (Å²) in [6.07, 6.45) is 5.35. The highest BCUT2D eigenvalue weighted by Gasteiger charge is 2.47. The molecule has 0 radical (unpaired) electrons. The Morgan fingerprint density at radius 2 is 1.96 bits per heavy atom. The number of morpholine rings is 1. The molecular weight excluding hydrogens is 306 g/mol. The van der Waals surface area contributed by atoms with Crippen LogP contribution in [0.15, 0.2) is 0 Å². The molecule has 5 heteroatoms. The summed E-state index contributed by atoms with van der Waals surface area (Å²) in [4.78, 5) is 15.4. The van der Waals surface area contributed by atoms with Crippen LogP contribution in [-0.4, -0.2) is 60.0 Å². The van der Waals surface area contributed by atoms with Gasteiger partial charge in [-0.2, -0.15) is 0 Å². The van der Waals surface area contributed by atoms with Gasteiger partial charge in [0.25, 0.3) is 0 Å². The Morgan fingerprint density at radius 1 is 1.25 bits per heavy atom. The summed E-state index contributed by atoms with van der Waals surface area (Å²) in [5.74, 6) is 0.592. The number of hydrogen-bond acceptors (Lipinski definition) is 4. The van der Waals surface area contributed by atoms with Gasteiger partial charge in [-0.25, -0.2) is 0 Å². The maximum absolute atomic E-state index is 13.3. The summed E-state index contributed by atoms with van der Waals surface area (Å²) in [6, 6.07) is 0. The van der Waals surface area contributed by atoms with Crippen molar-refractivity contribution in [3.05, 3.63) is 0 Å².